The first-order chi connectivity index (χ1) is 16.5. The third-order valence-electron chi connectivity index (χ3n) is 4.78. The number of hydrogen-bond acceptors (Lipinski definition) is 8. The lowest BCUT2D eigenvalue weighted by atomic mass is 10.2. The van der Waals surface area contributed by atoms with Crippen LogP contribution in [0.5, 0.6) is 11.5 Å². The van der Waals surface area contributed by atoms with Gasteiger partial charge in [0.2, 0.25) is 5.13 Å². The third kappa shape index (κ3) is 5.02. The number of carbonyl (C=O) groups is 1. The van der Waals surface area contributed by atoms with E-state index in [1.807, 2.05) is 37.3 Å². The fourth-order valence-electron chi connectivity index (χ4n) is 3.12. The molecule has 0 bridgehead atoms. The number of nitrogens with zero attached hydrogens (tertiary/aromatic N) is 4. The van der Waals surface area contributed by atoms with Crippen molar-refractivity contribution >= 4 is 44.5 Å². The van der Waals surface area contributed by atoms with Crippen molar-refractivity contribution in [2.75, 3.05) is 18.7 Å². The van der Waals surface area contributed by atoms with Crippen LogP contribution < -0.4 is 14.5 Å². The molecule has 1 aromatic heterocycles. The van der Waals surface area contributed by atoms with Gasteiger partial charge >= 0.3 is 0 Å². The number of aromatic nitrogens is 1. The Morgan fingerprint density at radius 1 is 1.15 bits per heavy atom. The lowest BCUT2D eigenvalue weighted by Crippen LogP contribution is -2.25. The highest BCUT2D eigenvalue weighted by atomic mass is 32.1. The van der Waals surface area contributed by atoms with Gasteiger partial charge in [-0.3, -0.25) is 14.9 Å². The number of amides is 1. The number of nitro groups is 1. The summed E-state index contributed by atoms with van der Waals surface area (Å²) in [5.74, 6) is 0.846. The summed E-state index contributed by atoms with van der Waals surface area (Å²) >= 11 is 1.26. The number of methoxy groups -OCH3 is 1. The van der Waals surface area contributed by atoms with Gasteiger partial charge in [0.15, 0.2) is 0 Å². The van der Waals surface area contributed by atoms with Crippen LogP contribution in [0.15, 0.2) is 71.8 Å². The molecule has 9 nitrogen and oxygen atoms in total. The summed E-state index contributed by atoms with van der Waals surface area (Å²) in [4.78, 5) is 28.6. The van der Waals surface area contributed by atoms with Crippen molar-refractivity contribution in [3.63, 3.8) is 0 Å². The normalized spacial score (nSPS) is 11.0. The topological polar surface area (TPSA) is 107 Å². The molecule has 0 aliphatic carbocycles. The molecule has 0 spiro atoms. The molecule has 4 rings (SSSR count). The van der Waals surface area contributed by atoms with Crippen molar-refractivity contribution < 1.29 is 19.2 Å². The zero-order valence-electron chi connectivity index (χ0n) is 18.4. The van der Waals surface area contributed by atoms with Crippen molar-refractivity contribution in [3.05, 3.63) is 88.0 Å². The Balaban J connectivity index is 1.73. The summed E-state index contributed by atoms with van der Waals surface area (Å²) in [5.41, 5.74) is 1.35. The molecule has 4 aromatic rings. The summed E-state index contributed by atoms with van der Waals surface area (Å²) in [6, 6.07) is 18.1. The van der Waals surface area contributed by atoms with Crippen LogP contribution >= 0.6 is 11.3 Å². The predicted molar refractivity (Wildman–Crippen MR) is 131 cm³/mol. The van der Waals surface area contributed by atoms with Crippen LogP contribution in [0.2, 0.25) is 0 Å². The van der Waals surface area contributed by atoms with Crippen LogP contribution in [0.1, 0.15) is 22.8 Å². The Bertz CT molecular complexity index is 1370. The van der Waals surface area contributed by atoms with Gasteiger partial charge in [0.05, 0.1) is 35.1 Å². The highest BCUT2D eigenvalue weighted by Gasteiger charge is 2.23. The standard InChI is InChI=1S/C24H20N4O5S/c1-3-33-19-9-7-16(8-10-19)15-25-27(23(29)17-5-4-6-18(13-17)28(30)31)24-26-21-12-11-20(32-2)14-22(21)34-24/h4-15H,3H2,1-2H3/b25-15+. The summed E-state index contributed by atoms with van der Waals surface area (Å²) in [5, 5.41) is 17.1. The summed E-state index contributed by atoms with van der Waals surface area (Å²) < 4.78 is 11.5. The Morgan fingerprint density at radius 3 is 2.62 bits per heavy atom. The second-order valence-corrected chi connectivity index (χ2v) is 8.01. The number of thiazole rings is 1. The Kier molecular flexibility index (Phi) is 6.79. The zero-order chi connectivity index (χ0) is 24.1. The molecule has 0 aliphatic rings. The van der Waals surface area contributed by atoms with Gasteiger partial charge in [-0.15, -0.1) is 0 Å². The maximum Gasteiger partial charge on any atom is 0.281 e. The van der Waals surface area contributed by atoms with E-state index in [1.54, 1.807) is 19.2 Å². The minimum Gasteiger partial charge on any atom is -0.497 e. The number of benzene rings is 3. The minimum atomic E-state index is -0.547. The van der Waals surface area contributed by atoms with Crippen LogP contribution in [-0.2, 0) is 0 Å². The second-order valence-electron chi connectivity index (χ2n) is 7.00. The van der Waals surface area contributed by atoms with Gasteiger partial charge in [0.25, 0.3) is 11.6 Å². The molecule has 0 saturated carbocycles. The molecule has 0 unspecified atom stereocenters. The Labute approximate surface area is 199 Å². The molecule has 0 N–H and O–H groups in total. The van der Waals surface area contributed by atoms with Gasteiger partial charge in [-0.05, 0) is 61.0 Å². The van der Waals surface area contributed by atoms with E-state index in [-0.39, 0.29) is 11.3 Å². The molecule has 0 fully saturated rings. The fourth-order valence-corrected chi connectivity index (χ4v) is 4.07. The number of ether oxygens (including phenoxy) is 2. The van der Waals surface area contributed by atoms with E-state index in [0.717, 1.165) is 21.0 Å². The highest BCUT2D eigenvalue weighted by molar-refractivity contribution is 7.22. The number of non-ortho nitro benzene ring substituents is 1. The largest absolute Gasteiger partial charge is 0.497 e. The van der Waals surface area contributed by atoms with E-state index < -0.39 is 10.8 Å². The molecule has 3 aromatic carbocycles. The molecule has 0 radical (unpaired) electrons. The number of hydrazone groups is 1. The average molecular weight is 477 g/mol. The van der Waals surface area contributed by atoms with Crippen molar-refractivity contribution in [3.8, 4) is 11.5 Å². The van der Waals surface area contributed by atoms with Gasteiger partial charge < -0.3 is 9.47 Å². The SMILES string of the molecule is CCOc1ccc(/C=N/N(C(=O)c2cccc([N+](=O)[O-])c2)c2nc3ccc(OC)cc3s2)cc1. The molecule has 172 valence electrons. The Hall–Kier alpha value is -4.31. The number of anilines is 1. The van der Waals surface area contributed by atoms with Crippen molar-refractivity contribution in [2.24, 2.45) is 5.10 Å². The molecule has 1 heterocycles. The molecule has 0 saturated heterocycles. The lowest BCUT2D eigenvalue weighted by molar-refractivity contribution is -0.384. The zero-order valence-corrected chi connectivity index (χ0v) is 19.2. The van der Waals surface area contributed by atoms with Crippen LogP contribution in [0, 0.1) is 10.1 Å². The first kappa shape index (κ1) is 22.9. The quantitative estimate of drug-likeness (QED) is 0.194. The molecule has 0 atom stereocenters. The number of carbonyl (C=O) groups excluding carboxylic acids is 1. The van der Waals surface area contributed by atoms with Gasteiger partial charge in [-0.25, -0.2) is 4.98 Å². The molecule has 1 amide bonds. The molecular formula is C24H20N4O5S. The lowest BCUT2D eigenvalue weighted by Gasteiger charge is -2.13. The first-order valence-corrected chi connectivity index (χ1v) is 11.1. The van der Waals surface area contributed by atoms with Crippen LogP contribution in [0.25, 0.3) is 10.2 Å². The van der Waals surface area contributed by atoms with Crippen LogP contribution in [-0.4, -0.2) is 35.7 Å². The van der Waals surface area contributed by atoms with E-state index >= 15 is 0 Å². The molecule has 10 heteroatoms. The smallest absolute Gasteiger partial charge is 0.281 e. The number of rotatable bonds is 8. The second kappa shape index (κ2) is 10.1. The summed E-state index contributed by atoms with van der Waals surface area (Å²) in [6.45, 7) is 2.46. The van der Waals surface area contributed by atoms with E-state index in [9.17, 15) is 14.9 Å². The maximum absolute atomic E-state index is 13.4. The third-order valence-corrected chi connectivity index (χ3v) is 5.77. The van der Waals surface area contributed by atoms with E-state index in [1.165, 1.54) is 41.8 Å². The number of nitro benzene ring substituents is 1. The number of fused-ring (bicyclic) bond motifs is 1. The summed E-state index contributed by atoms with van der Waals surface area (Å²) in [7, 11) is 1.57. The first-order valence-electron chi connectivity index (χ1n) is 10.3. The van der Waals surface area contributed by atoms with Gasteiger partial charge in [0.1, 0.15) is 11.5 Å². The van der Waals surface area contributed by atoms with Gasteiger partial charge in [-0.1, -0.05) is 17.4 Å². The maximum atomic E-state index is 13.4. The molecular weight excluding hydrogens is 456 g/mol. The number of hydrogen-bond donors (Lipinski definition) is 0. The highest BCUT2D eigenvalue weighted by Crippen LogP contribution is 2.32. The van der Waals surface area contributed by atoms with Crippen LogP contribution in [0.3, 0.4) is 0 Å². The van der Waals surface area contributed by atoms with Crippen LogP contribution in [0.4, 0.5) is 10.8 Å². The summed E-state index contributed by atoms with van der Waals surface area (Å²) in [6.07, 6.45) is 1.53. The van der Waals surface area contributed by atoms with E-state index in [0.29, 0.717) is 23.0 Å². The monoisotopic (exact) mass is 476 g/mol. The fraction of sp³-hybridized carbons (Fsp3) is 0.125. The van der Waals surface area contributed by atoms with Crippen molar-refractivity contribution in [1.82, 2.24) is 4.98 Å². The molecule has 34 heavy (non-hydrogen) atoms. The minimum absolute atomic E-state index is 0.120. The van der Waals surface area contributed by atoms with Gasteiger partial charge in [0, 0.05) is 17.7 Å². The predicted octanol–water partition coefficient (Wildman–Crippen LogP) is 5.29. The molecule has 0 aliphatic heterocycles. The van der Waals surface area contributed by atoms with E-state index in [2.05, 4.69) is 10.1 Å². The van der Waals surface area contributed by atoms with Crippen molar-refractivity contribution in [2.45, 2.75) is 6.92 Å². The average Bonchev–Trinajstić information content (AvgIpc) is 3.28. The van der Waals surface area contributed by atoms with Gasteiger partial charge in [-0.2, -0.15) is 10.1 Å². The van der Waals surface area contributed by atoms with Crippen molar-refractivity contribution in [1.29, 1.82) is 0 Å². The van der Waals surface area contributed by atoms with E-state index in [4.69, 9.17) is 9.47 Å². The Morgan fingerprint density at radius 2 is 1.91 bits per heavy atom.